The molecule has 2 aromatic heterocycles. The standard InChI is InChI=1S/C23H24ClFN4O4S/c1-3-19(31)18(11-12-30)26-20-5-4-6-22(27-20)34(32,33)29-21-10-9-17(24)23(28-21)16-13-15(25)8-7-14(16)2/h4-10,12-13,18-19,31H,3,11H2,1-2H3,(H,26,27)(H,28,29)/t18-,19-/m1/s1. The van der Waals surface area contributed by atoms with Gasteiger partial charge < -0.3 is 15.2 Å². The van der Waals surface area contributed by atoms with Crippen molar-refractivity contribution in [2.75, 3.05) is 10.0 Å². The van der Waals surface area contributed by atoms with E-state index >= 15 is 0 Å². The van der Waals surface area contributed by atoms with Crippen LogP contribution in [0, 0.1) is 12.7 Å². The number of aldehydes is 1. The Hall–Kier alpha value is -3.08. The van der Waals surface area contributed by atoms with Gasteiger partial charge in [-0.15, -0.1) is 0 Å². The summed E-state index contributed by atoms with van der Waals surface area (Å²) in [5.74, 6) is -0.315. The third-order valence-corrected chi connectivity index (χ3v) is 6.67. The molecule has 0 saturated heterocycles. The van der Waals surface area contributed by atoms with E-state index in [0.29, 0.717) is 18.3 Å². The molecule has 2 heterocycles. The molecule has 0 fully saturated rings. The number of aryl methyl sites for hydroxylation is 1. The number of hydrogen-bond acceptors (Lipinski definition) is 7. The molecule has 3 N–H and O–H groups in total. The Morgan fingerprint density at radius 1 is 1.15 bits per heavy atom. The predicted molar refractivity (Wildman–Crippen MR) is 129 cm³/mol. The smallest absolute Gasteiger partial charge is 0.280 e. The molecule has 11 heteroatoms. The first-order valence-electron chi connectivity index (χ1n) is 10.5. The first-order valence-corrected chi connectivity index (χ1v) is 12.3. The molecular formula is C23H24ClFN4O4S. The third-order valence-electron chi connectivity index (χ3n) is 5.10. The summed E-state index contributed by atoms with van der Waals surface area (Å²) in [6.07, 6.45) is 0.292. The van der Waals surface area contributed by atoms with Crippen LogP contribution in [0.5, 0.6) is 0 Å². The fourth-order valence-corrected chi connectivity index (χ4v) is 4.44. The van der Waals surface area contributed by atoms with Crippen LogP contribution in [-0.2, 0) is 14.8 Å². The molecule has 0 spiro atoms. The molecule has 0 unspecified atom stereocenters. The van der Waals surface area contributed by atoms with Crippen LogP contribution in [0.25, 0.3) is 11.3 Å². The maximum atomic E-state index is 13.8. The molecule has 0 amide bonds. The SMILES string of the molecule is CC[C@@H](O)[C@@H](CC=O)Nc1cccc(S(=O)(=O)Nc2ccc(Cl)c(-c3cc(F)ccc3C)n2)n1. The van der Waals surface area contributed by atoms with Crippen LogP contribution in [-0.4, -0.2) is 41.9 Å². The summed E-state index contributed by atoms with van der Waals surface area (Å²) < 4.78 is 42.1. The van der Waals surface area contributed by atoms with Crippen LogP contribution in [0.15, 0.2) is 53.6 Å². The van der Waals surface area contributed by atoms with E-state index in [9.17, 15) is 22.7 Å². The van der Waals surface area contributed by atoms with Crippen LogP contribution >= 0.6 is 11.6 Å². The number of hydrogen-bond donors (Lipinski definition) is 3. The average Bonchev–Trinajstić information content (AvgIpc) is 2.81. The molecular weight excluding hydrogens is 483 g/mol. The summed E-state index contributed by atoms with van der Waals surface area (Å²) in [4.78, 5) is 19.3. The summed E-state index contributed by atoms with van der Waals surface area (Å²) in [6, 6.07) is 10.7. The number of carbonyl (C=O) groups is 1. The molecule has 3 aromatic rings. The number of sulfonamides is 1. The molecule has 34 heavy (non-hydrogen) atoms. The first-order chi connectivity index (χ1) is 16.1. The van der Waals surface area contributed by atoms with E-state index in [0.717, 1.165) is 5.56 Å². The number of pyridine rings is 2. The maximum Gasteiger partial charge on any atom is 0.280 e. The Bertz CT molecular complexity index is 1290. The molecule has 0 aliphatic rings. The topological polar surface area (TPSA) is 121 Å². The van der Waals surface area contributed by atoms with Gasteiger partial charge >= 0.3 is 0 Å². The van der Waals surface area contributed by atoms with Gasteiger partial charge in [-0.1, -0.05) is 30.7 Å². The molecule has 8 nitrogen and oxygen atoms in total. The van der Waals surface area contributed by atoms with Crippen molar-refractivity contribution in [1.82, 2.24) is 9.97 Å². The Kier molecular flexibility index (Phi) is 8.19. The van der Waals surface area contributed by atoms with E-state index < -0.39 is 28.0 Å². The van der Waals surface area contributed by atoms with Crippen molar-refractivity contribution < 1.29 is 22.7 Å². The van der Waals surface area contributed by atoms with Crippen molar-refractivity contribution in [2.24, 2.45) is 0 Å². The zero-order valence-electron chi connectivity index (χ0n) is 18.5. The Morgan fingerprint density at radius 3 is 2.62 bits per heavy atom. The number of aromatic nitrogens is 2. The van der Waals surface area contributed by atoms with E-state index in [2.05, 4.69) is 20.0 Å². The van der Waals surface area contributed by atoms with Gasteiger partial charge in [-0.25, -0.2) is 14.4 Å². The quantitative estimate of drug-likeness (QED) is 0.352. The van der Waals surface area contributed by atoms with Crippen molar-refractivity contribution in [2.45, 2.75) is 43.9 Å². The fourth-order valence-electron chi connectivity index (χ4n) is 3.26. The van der Waals surface area contributed by atoms with E-state index in [-0.39, 0.29) is 33.8 Å². The lowest BCUT2D eigenvalue weighted by Crippen LogP contribution is -2.34. The second-order valence-corrected chi connectivity index (χ2v) is 9.62. The Balaban J connectivity index is 1.89. The summed E-state index contributed by atoms with van der Waals surface area (Å²) in [5.41, 5.74) is 1.38. The van der Waals surface area contributed by atoms with Crippen molar-refractivity contribution >= 4 is 39.5 Å². The summed E-state index contributed by atoms with van der Waals surface area (Å²) in [5, 5.41) is 12.9. The molecule has 0 radical (unpaired) electrons. The minimum atomic E-state index is -4.15. The zero-order chi connectivity index (χ0) is 24.9. The van der Waals surface area contributed by atoms with Crippen molar-refractivity contribution in [1.29, 1.82) is 0 Å². The van der Waals surface area contributed by atoms with Crippen molar-refractivity contribution in [3.63, 3.8) is 0 Å². The fraction of sp³-hybridized carbons (Fsp3) is 0.261. The normalized spacial score (nSPS) is 13.2. The highest BCUT2D eigenvalue weighted by Gasteiger charge is 2.21. The molecule has 0 aliphatic carbocycles. The van der Waals surface area contributed by atoms with Crippen LogP contribution in [0.2, 0.25) is 5.02 Å². The van der Waals surface area contributed by atoms with Gasteiger partial charge in [0.15, 0.2) is 5.03 Å². The highest BCUT2D eigenvalue weighted by atomic mass is 35.5. The number of nitrogens with one attached hydrogen (secondary N) is 2. The highest BCUT2D eigenvalue weighted by Crippen LogP contribution is 2.31. The number of nitrogens with zero attached hydrogens (tertiary/aromatic N) is 2. The van der Waals surface area contributed by atoms with Gasteiger partial charge in [0.25, 0.3) is 10.0 Å². The van der Waals surface area contributed by atoms with Gasteiger partial charge in [0.1, 0.15) is 23.7 Å². The Labute approximate surface area is 202 Å². The largest absolute Gasteiger partial charge is 0.391 e. The molecule has 0 saturated carbocycles. The molecule has 0 aliphatic heterocycles. The van der Waals surface area contributed by atoms with Gasteiger partial charge in [0, 0.05) is 12.0 Å². The van der Waals surface area contributed by atoms with Crippen LogP contribution < -0.4 is 10.0 Å². The molecule has 3 rings (SSSR count). The minimum absolute atomic E-state index is 0.0246. The zero-order valence-corrected chi connectivity index (χ0v) is 20.1. The number of anilines is 2. The minimum Gasteiger partial charge on any atom is -0.391 e. The molecule has 2 atom stereocenters. The van der Waals surface area contributed by atoms with E-state index in [1.165, 1.54) is 42.5 Å². The van der Waals surface area contributed by atoms with Crippen molar-refractivity contribution in [3.05, 3.63) is 64.9 Å². The number of aliphatic hydroxyl groups is 1. The van der Waals surface area contributed by atoms with Gasteiger partial charge in [-0.05, 0) is 55.3 Å². The third kappa shape index (κ3) is 6.07. The summed E-state index contributed by atoms with van der Waals surface area (Å²) >= 11 is 6.25. The second-order valence-electron chi connectivity index (χ2n) is 7.58. The lowest BCUT2D eigenvalue weighted by atomic mass is 10.0. The highest BCUT2D eigenvalue weighted by molar-refractivity contribution is 7.92. The lowest BCUT2D eigenvalue weighted by molar-refractivity contribution is -0.108. The number of rotatable bonds is 10. The van der Waals surface area contributed by atoms with E-state index in [1.54, 1.807) is 19.9 Å². The van der Waals surface area contributed by atoms with Crippen LogP contribution in [0.3, 0.4) is 0 Å². The molecule has 1 aromatic carbocycles. The average molecular weight is 507 g/mol. The number of benzene rings is 1. The van der Waals surface area contributed by atoms with Gasteiger partial charge in [-0.2, -0.15) is 8.42 Å². The lowest BCUT2D eigenvalue weighted by Gasteiger charge is -2.22. The number of aliphatic hydroxyl groups excluding tert-OH is 1. The summed E-state index contributed by atoms with van der Waals surface area (Å²) in [7, 11) is -4.15. The van der Waals surface area contributed by atoms with Gasteiger partial charge in [0.05, 0.1) is 22.9 Å². The predicted octanol–water partition coefficient (Wildman–Crippen LogP) is 4.19. The number of carbonyl (C=O) groups excluding carboxylic acids is 1. The summed E-state index contributed by atoms with van der Waals surface area (Å²) in [6.45, 7) is 3.53. The molecule has 180 valence electrons. The number of halogens is 2. The molecule has 0 bridgehead atoms. The van der Waals surface area contributed by atoms with Crippen LogP contribution in [0.1, 0.15) is 25.3 Å². The van der Waals surface area contributed by atoms with E-state index in [1.807, 2.05) is 0 Å². The van der Waals surface area contributed by atoms with Gasteiger partial charge in [-0.3, -0.25) is 4.72 Å². The maximum absolute atomic E-state index is 13.8. The van der Waals surface area contributed by atoms with Crippen LogP contribution in [0.4, 0.5) is 16.0 Å². The van der Waals surface area contributed by atoms with E-state index in [4.69, 9.17) is 11.6 Å². The van der Waals surface area contributed by atoms with Crippen molar-refractivity contribution in [3.8, 4) is 11.3 Å². The second kappa shape index (κ2) is 10.9. The van der Waals surface area contributed by atoms with Gasteiger partial charge in [0.2, 0.25) is 0 Å². The first kappa shape index (κ1) is 25.5. The monoisotopic (exact) mass is 506 g/mol. The Morgan fingerprint density at radius 2 is 1.91 bits per heavy atom.